The number of hydrogen-bond acceptors (Lipinski definition) is 8. The predicted octanol–water partition coefficient (Wildman–Crippen LogP) is 0.651. The van der Waals surface area contributed by atoms with E-state index in [9.17, 15) is 13.2 Å². The fourth-order valence-electron chi connectivity index (χ4n) is 3.77. The van der Waals surface area contributed by atoms with Crippen LogP contribution in [0.5, 0.6) is 0 Å². The van der Waals surface area contributed by atoms with Gasteiger partial charge in [-0.2, -0.15) is 4.98 Å². The number of nitrogens with zero attached hydrogens (tertiary/aromatic N) is 4. The Kier molecular flexibility index (Phi) is 4.47. The van der Waals surface area contributed by atoms with Crippen molar-refractivity contribution in [3.05, 3.63) is 30.4 Å². The lowest BCUT2D eigenvalue weighted by Crippen LogP contribution is -2.68. The molecule has 2 aliphatic rings. The minimum atomic E-state index is -3.36. The van der Waals surface area contributed by atoms with Gasteiger partial charge in [-0.3, -0.25) is 9.78 Å². The Hall–Kier alpha value is -2.33. The fraction of sp³-hybridized carbons (Fsp3) is 0.529. The Labute approximate surface area is 156 Å². The van der Waals surface area contributed by atoms with Gasteiger partial charge in [0.2, 0.25) is 17.6 Å². The molecule has 1 amide bonds. The van der Waals surface area contributed by atoms with Gasteiger partial charge in [-0.15, -0.1) is 0 Å². The molecular formula is C17H20N4O5S. The summed E-state index contributed by atoms with van der Waals surface area (Å²) in [5.74, 6) is 0.140. The molecule has 9 nitrogen and oxygen atoms in total. The molecule has 0 bridgehead atoms. The van der Waals surface area contributed by atoms with Crippen LogP contribution in [0.4, 0.5) is 0 Å². The van der Waals surface area contributed by atoms with Crippen LogP contribution in [-0.2, 0) is 19.4 Å². The van der Waals surface area contributed by atoms with E-state index >= 15 is 0 Å². The van der Waals surface area contributed by atoms with Crippen LogP contribution < -0.4 is 0 Å². The van der Waals surface area contributed by atoms with Gasteiger partial charge in [0.25, 0.3) is 0 Å². The van der Waals surface area contributed by atoms with Crippen molar-refractivity contribution in [1.82, 2.24) is 20.0 Å². The van der Waals surface area contributed by atoms with E-state index < -0.39 is 20.5 Å². The van der Waals surface area contributed by atoms with Crippen LogP contribution in [0.1, 0.15) is 25.2 Å². The minimum Gasteiger partial charge on any atom is -0.372 e. The first-order valence-electron chi connectivity index (χ1n) is 8.78. The number of hydrogen-bond donors (Lipinski definition) is 0. The molecule has 2 aliphatic heterocycles. The van der Waals surface area contributed by atoms with E-state index in [-0.39, 0.29) is 31.4 Å². The number of rotatable bonds is 5. The largest absolute Gasteiger partial charge is 0.372 e. The summed E-state index contributed by atoms with van der Waals surface area (Å²) < 4.78 is 35.0. The van der Waals surface area contributed by atoms with Gasteiger partial charge in [-0.1, -0.05) is 5.16 Å². The lowest BCUT2D eigenvalue weighted by molar-refractivity contribution is -0.141. The van der Waals surface area contributed by atoms with Crippen LogP contribution >= 0.6 is 0 Å². The van der Waals surface area contributed by atoms with Crippen molar-refractivity contribution in [1.29, 1.82) is 0 Å². The lowest BCUT2D eigenvalue weighted by atomic mass is 9.83. The molecule has 10 heteroatoms. The van der Waals surface area contributed by atoms with E-state index in [0.717, 1.165) is 5.56 Å². The summed E-state index contributed by atoms with van der Waals surface area (Å²) in [5.41, 5.74) is 0.747. The first-order chi connectivity index (χ1) is 13.0. The summed E-state index contributed by atoms with van der Waals surface area (Å²) in [6.45, 7) is 2.48. The molecule has 2 fully saturated rings. The molecule has 1 spiro atoms. The number of sulfone groups is 1. The van der Waals surface area contributed by atoms with Crippen molar-refractivity contribution < 1.29 is 22.5 Å². The molecule has 4 heterocycles. The maximum Gasteiger partial charge on any atom is 0.248 e. The highest BCUT2D eigenvalue weighted by Gasteiger charge is 2.64. The molecule has 0 aliphatic carbocycles. The number of amides is 1. The first-order valence-corrected chi connectivity index (χ1v) is 10.4. The molecule has 2 aromatic heterocycles. The Morgan fingerprint density at radius 3 is 2.81 bits per heavy atom. The van der Waals surface area contributed by atoms with E-state index in [0.29, 0.717) is 24.7 Å². The normalized spacial score (nSPS) is 22.7. The van der Waals surface area contributed by atoms with Crippen LogP contribution in [0.25, 0.3) is 11.4 Å². The topological polar surface area (TPSA) is 115 Å². The molecule has 1 unspecified atom stereocenters. The van der Waals surface area contributed by atoms with Gasteiger partial charge in [0.05, 0.1) is 11.7 Å². The zero-order valence-electron chi connectivity index (χ0n) is 14.9. The monoisotopic (exact) mass is 392 g/mol. The van der Waals surface area contributed by atoms with Crippen LogP contribution in [0.3, 0.4) is 0 Å². The van der Waals surface area contributed by atoms with E-state index in [4.69, 9.17) is 9.26 Å². The molecule has 4 rings (SSSR count). The van der Waals surface area contributed by atoms with E-state index in [1.165, 1.54) is 4.90 Å². The summed E-state index contributed by atoms with van der Waals surface area (Å²) in [6.07, 6.45) is 3.66. The number of pyridine rings is 1. The van der Waals surface area contributed by atoms with Gasteiger partial charge in [-0.05, 0) is 25.5 Å². The number of likely N-dealkylation sites (tertiary alicyclic amines) is 1. The van der Waals surface area contributed by atoms with E-state index in [1.807, 2.05) is 0 Å². The third-order valence-electron chi connectivity index (χ3n) is 5.31. The highest BCUT2D eigenvalue weighted by Crippen LogP contribution is 2.49. The number of ether oxygens (including phenoxy) is 1. The second-order valence-corrected chi connectivity index (χ2v) is 9.25. The summed E-state index contributed by atoms with van der Waals surface area (Å²) in [7, 11) is -3.36. The molecule has 144 valence electrons. The lowest BCUT2D eigenvalue weighted by Gasteiger charge is -2.48. The SMILES string of the molecule is CCOCC(=O)N1CC2(C1)C(c1nc(-c3ccncc3)no1)CCS2(=O)=O. The predicted molar refractivity (Wildman–Crippen MR) is 94.5 cm³/mol. The van der Waals surface area contributed by atoms with Crippen molar-refractivity contribution in [3.8, 4) is 11.4 Å². The summed E-state index contributed by atoms with van der Waals surface area (Å²) >= 11 is 0. The summed E-state index contributed by atoms with van der Waals surface area (Å²) in [4.78, 5) is 22.0. The molecule has 1 atom stereocenters. The van der Waals surface area contributed by atoms with Gasteiger partial charge in [0.15, 0.2) is 9.84 Å². The highest BCUT2D eigenvalue weighted by atomic mass is 32.2. The maximum atomic E-state index is 12.7. The van der Waals surface area contributed by atoms with Gasteiger partial charge < -0.3 is 14.2 Å². The number of aromatic nitrogens is 3. The van der Waals surface area contributed by atoms with Crippen molar-refractivity contribution >= 4 is 15.7 Å². The van der Waals surface area contributed by atoms with Crippen LogP contribution in [0, 0.1) is 0 Å². The number of carbonyl (C=O) groups excluding carboxylic acids is 1. The fourth-order valence-corrected chi connectivity index (χ4v) is 6.08. The van der Waals surface area contributed by atoms with Crippen molar-refractivity contribution in [2.45, 2.75) is 24.0 Å². The highest BCUT2D eigenvalue weighted by molar-refractivity contribution is 7.93. The van der Waals surface area contributed by atoms with Gasteiger partial charge in [0, 0.05) is 37.7 Å². The molecular weight excluding hydrogens is 372 g/mol. The van der Waals surface area contributed by atoms with Gasteiger partial charge in [-0.25, -0.2) is 8.42 Å². The van der Waals surface area contributed by atoms with Crippen LogP contribution in [-0.4, -0.2) is 71.2 Å². The zero-order chi connectivity index (χ0) is 19.1. The Bertz CT molecular complexity index is 937. The van der Waals surface area contributed by atoms with Crippen LogP contribution in [0.15, 0.2) is 29.0 Å². The first kappa shape index (κ1) is 18.1. The molecule has 27 heavy (non-hydrogen) atoms. The molecule has 2 saturated heterocycles. The third kappa shape index (κ3) is 2.92. The molecule has 0 radical (unpaired) electrons. The quantitative estimate of drug-likeness (QED) is 0.728. The Morgan fingerprint density at radius 2 is 2.11 bits per heavy atom. The van der Waals surface area contributed by atoms with Crippen molar-refractivity contribution in [2.24, 2.45) is 0 Å². The zero-order valence-corrected chi connectivity index (χ0v) is 15.7. The van der Waals surface area contributed by atoms with Crippen molar-refractivity contribution in [2.75, 3.05) is 32.1 Å². The third-order valence-corrected chi connectivity index (χ3v) is 7.86. The molecule has 0 N–H and O–H groups in total. The van der Waals surface area contributed by atoms with Crippen molar-refractivity contribution in [3.63, 3.8) is 0 Å². The average molecular weight is 392 g/mol. The Morgan fingerprint density at radius 1 is 1.37 bits per heavy atom. The van der Waals surface area contributed by atoms with Crippen LogP contribution in [0.2, 0.25) is 0 Å². The molecule has 0 aromatic carbocycles. The smallest absolute Gasteiger partial charge is 0.248 e. The average Bonchev–Trinajstić information content (AvgIpc) is 3.21. The Balaban J connectivity index is 1.57. The van der Waals surface area contributed by atoms with E-state index in [1.54, 1.807) is 31.5 Å². The minimum absolute atomic E-state index is 0.0377. The standard InChI is InChI=1S/C17H20N4O5S/c1-2-25-9-14(22)21-10-17(11-21)13(5-8-27(17,23)24)16-19-15(20-26-16)12-3-6-18-7-4-12/h3-4,6-7,13H,2,5,8-11H2,1H3. The summed E-state index contributed by atoms with van der Waals surface area (Å²) in [6, 6.07) is 3.51. The van der Waals surface area contributed by atoms with Gasteiger partial charge in [0.1, 0.15) is 11.4 Å². The second-order valence-electron chi connectivity index (χ2n) is 6.80. The van der Waals surface area contributed by atoms with Gasteiger partial charge >= 0.3 is 0 Å². The van der Waals surface area contributed by atoms with E-state index in [2.05, 4.69) is 15.1 Å². The second kappa shape index (κ2) is 6.68. The molecule has 2 aromatic rings. The summed E-state index contributed by atoms with van der Waals surface area (Å²) in [5, 5.41) is 3.99. The molecule has 0 saturated carbocycles. The maximum absolute atomic E-state index is 12.7. The number of carbonyl (C=O) groups is 1.